The standard InChI is InChI=1S/C33H60/c1-10-11-12-22-13-14-25(19-22)33(8,9)30-28-20-23(31(2,3)4)15-17-26(28)27-18-16-24(21-29(27)30)32(5,6)7/h22-30H,10-21H2,1-9H3. The van der Waals surface area contributed by atoms with Gasteiger partial charge in [-0.3, -0.25) is 0 Å². The predicted molar refractivity (Wildman–Crippen MR) is 145 cm³/mol. The third-order valence-electron chi connectivity index (χ3n) is 12.3. The zero-order valence-electron chi connectivity index (χ0n) is 24.2. The Balaban J connectivity index is 1.61. The van der Waals surface area contributed by atoms with Gasteiger partial charge in [0.25, 0.3) is 0 Å². The summed E-state index contributed by atoms with van der Waals surface area (Å²) >= 11 is 0. The fraction of sp³-hybridized carbons (Fsp3) is 1.00. The lowest BCUT2D eigenvalue weighted by Crippen LogP contribution is -2.42. The fourth-order valence-electron chi connectivity index (χ4n) is 10.1. The number of rotatable bonds is 5. The lowest BCUT2D eigenvalue weighted by atomic mass is 9.56. The van der Waals surface area contributed by atoms with Gasteiger partial charge in [-0.15, -0.1) is 0 Å². The predicted octanol–water partition coefficient (Wildman–Crippen LogP) is 10.4. The van der Waals surface area contributed by atoms with Crippen LogP contribution in [-0.2, 0) is 0 Å². The summed E-state index contributed by atoms with van der Waals surface area (Å²) in [4.78, 5) is 0. The first-order chi connectivity index (χ1) is 15.3. The second kappa shape index (κ2) is 9.47. The van der Waals surface area contributed by atoms with E-state index in [1.54, 1.807) is 32.1 Å². The zero-order chi connectivity index (χ0) is 24.2. The van der Waals surface area contributed by atoms with Crippen molar-refractivity contribution in [3.05, 3.63) is 0 Å². The van der Waals surface area contributed by atoms with Crippen LogP contribution in [0.3, 0.4) is 0 Å². The Hall–Kier alpha value is 0. The van der Waals surface area contributed by atoms with Crippen molar-refractivity contribution in [2.24, 2.45) is 69.5 Å². The molecule has 0 aliphatic heterocycles. The first-order valence-corrected chi connectivity index (χ1v) is 15.3. The minimum atomic E-state index is 0.486. The maximum absolute atomic E-state index is 2.77. The van der Waals surface area contributed by atoms with E-state index in [0.29, 0.717) is 16.2 Å². The normalized spacial score (nSPS) is 42.3. The Morgan fingerprint density at radius 1 is 0.545 bits per heavy atom. The lowest BCUT2D eigenvalue weighted by molar-refractivity contribution is -0.00182. The molecule has 4 saturated carbocycles. The summed E-state index contributed by atoms with van der Waals surface area (Å²) < 4.78 is 0. The van der Waals surface area contributed by atoms with Crippen molar-refractivity contribution in [2.45, 2.75) is 139 Å². The van der Waals surface area contributed by atoms with Crippen molar-refractivity contribution in [1.82, 2.24) is 0 Å². The molecule has 0 amide bonds. The zero-order valence-corrected chi connectivity index (χ0v) is 24.2. The molecule has 4 fully saturated rings. The summed E-state index contributed by atoms with van der Waals surface area (Å²) in [6, 6.07) is 0. The van der Waals surface area contributed by atoms with E-state index < -0.39 is 0 Å². The summed E-state index contributed by atoms with van der Waals surface area (Å²) in [6.07, 6.45) is 18.1. The molecule has 0 spiro atoms. The lowest BCUT2D eigenvalue weighted by Gasteiger charge is -2.49. The monoisotopic (exact) mass is 456 g/mol. The van der Waals surface area contributed by atoms with Crippen LogP contribution in [0, 0.1) is 69.5 Å². The summed E-state index contributed by atoms with van der Waals surface area (Å²) in [7, 11) is 0. The second-order valence-electron chi connectivity index (χ2n) is 16.3. The van der Waals surface area contributed by atoms with Gasteiger partial charge in [-0.2, -0.15) is 0 Å². The third kappa shape index (κ3) is 5.12. The fourth-order valence-corrected chi connectivity index (χ4v) is 10.1. The van der Waals surface area contributed by atoms with Crippen molar-refractivity contribution in [3.63, 3.8) is 0 Å². The number of fused-ring (bicyclic) bond motifs is 3. The molecule has 192 valence electrons. The van der Waals surface area contributed by atoms with Gasteiger partial charge in [0.15, 0.2) is 0 Å². The highest BCUT2D eigenvalue weighted by molar-refractivity contribution is 5.08. The summed E-state index contributed by atoms with van der Waals surface area (Å²) in [5.41, 5.74) is 1.50. The van der Waals surface area contributed by atoms with Crippen LogP contribution >= 0.6 is 0 Å². The maximum atomic E-state index is 2.77. The van der Waals surface area contributed by atoms with Crippen LogP contribution < -0.4 is 0 Å². The average Bonchev–Trinajstić information content (AvgIpc) is 3.33. The molecule has 33 heavy (non-hydrogen) atoms. The van der Waals surface area contributed by atoms with E-state index in [0.717, 1.165) is 53.3 Å². The van der Waals surface area contributed by atoms with E-state index in [2.05, 4.69) is 62.3 Å². The van der Waals surface area contributed by atoms with Gasteiger partial charge < -0.3 is 0 Å². The molecule has 0 aromatic carbocycles. The first-order valence-electron chi connectivity index (χ1n) is 15.3. The molecule has 0 heterocycles. The topological polar surface area (TPSA) is 0 Å². The number of hydrogen-bond donors (Lipinski definition) is 0. The van der Waals surface area contributed by atoms with Crippen LogP contribution in [0.5, 0.6) is 0 Å². The summed E-state index contributed by atoms with van der Waals surface area (Å²) in [5, 5.41) is 0. The van der Waals surface area contributed by atoms with Crippen LogP contribution in [0.15, 0.2) is 0 Å². The molecule has 4 aliphatic carbocycles. The van der Waals surface area contributed by atoms with Crippen LogP contribution in [0.25, 0.3) is 0 Å². The third-order valence-corrected chi connectivity index (χ3v) is 12.3. The smallest absolute Gasteiger partial charge is 0.0292 e. The van der Waals surface area contributed by atoms with E-state index in [1.807, 2.05) is 0 Å². The van der Waals surface area contributed by atoms with Crippen LogP contribution in [0.4, 0.5) is 0 Å². The Morgan fingerprint density at radius 2 is 1.03 bits per heavy atom. The highest BCUT2D eigenvalue weighted by Gasteiger charge is 2.60. The molecule has 0 aromatic heterocycles. The molecule has 0 heteroatoms. The number of unbranched alkanes of at least 4 members (excludes halogenated alkanes) is 1. The molecule has 4 aliphatic rings. The molecule has 0 radical (unpaired) electrons. The molecule has 0 N–H and O–H groups in total. The first kappa shape index (κ1) is 26.1. The molecule has 8 atom stereocenters. The van der Waals surface area contributed by atoms with Gasteiger partial charge in [0, 0.05) is 0 Å². The molecule has 0 bridgehead atoms. The molecule has 0 nitrogen and oxygen atoms in total. The van der Waals surface area contributed by atoms with E-state index >= 15 is 0 Å². The Bertz CT molecular complexity index is 604. The molecular formula is C33H60. The maximum Gasteiger partial charge on any atom is -0.0292 e. The Labute approximate surface area is 208 Å². The second-order valence-corrected chi connectivity index (χ2v) is 16.3. The van der Waals surface area contributed by atoms with E-state index in [4.69, 9.17) is 0 Å². The molecular weight excluding hydrogens is 396 g/mol. The van der Waals surface area contributed by atoms with Crippen LogP contribution in [-0.4, -0.2) is 0 Å². The van der Waals surface area contributed by atoms with Crippen LogP contribution in [0.2, 0.25) is 0 Å². The summed E-state index contributed by atoms with van der Waals surface area (Å²) in [6.45, 7) is 23.1. The largest absolute Gasteiger partial charge is 0.0654 e. The highest BCUT2D eigenvalue weighted by Crippen LogP contribution is 2.67. The van der Waals surface area contributed by atoms with Crippen molar-refractivity contribution < 1.29 is 0 Å². The van der Waals surface area contributed by atoms with Gasteiger partial charge in [0.05, 0.1) is 0 Å². The van der Waals surface area contributed by atoms with Crippen molar-refractivity contribution in [1.29, 1.82) is 0 Å². The Kier molecular flexibility index (Phi) is 7.48. The van der Waals surface area contributed by atoms with Gasteiger partial charge in [-0.05, 0) is 121 Å². The van der Waals surface area contributed by atoms with Gasteiger partial charge in [0.1, 0.15) is 0 Å². The Morgan fingerprint density at radius 3 is 1.48 bits per heavy atom. The van der Waals surface area contributed by atoms with Gasteiger partial charge in [0.2, 0.25) is 0 Å². The van der Waals surface area contributed by atoms with Crippen LogP contribution in [0.1, 0.15) is 139 Å². The van der Waals surface area contributed by atoms with Crippen molar-refractivity contribution in [3.8, 4) is 0 Å². The summed E-state index contributed by atoms with van der Waals surface area (Å²) in [5.74, 6) is 9.01. The van der Waals surface area contributed by atoms with Gasteiger partial charge in [-0.1, -0.05) is 88.0 Å². The SMILES string of the molecule is CCCCC1CCC(C(C)(C)C2C3CC(C(C)(C)C)CCC3C3CCC(C(C)(C)C)CC32)C1. The highest BCUT2D eigenvalue weighted by atomic mass is 14.6. The quantitative estimate of drug-likeness (QED) is 0.386. The molecule has 8 unspecified atom stereocenters. The van der Waals surface area contributed by atoms with Crippen molar-refractivity contribution in [2.75, 3.05) is 0 Å². The van der Waals surface area contributed by atoms with Gasteiger partial charge >= 0.3 is 0 Å². The molecule has 0 saturated heterocycles. The number of hydrogen-bond acceptors (Lipinski definition) is 0. The van der Waals surface area contributed by atoms with E-state index in [9.17, 15) is 0 Å². The van der Waals surface area contributed by atoms with Crippen molar-refractivity contribution >= 4 is 0 Å². The molecule has 0 aromatic rings. The minimum Gasteiger partial charge on any atom is -0.0654 e. The average molecular weight is 457 g/mol. The molecule has 4 rings (SSSR count). The minimum absolute atomic E-state index is 0.486. The van der Waals surface area contributed by atoms with Gasteiger partial charge in [-0.25, -0.2) is 0 Å². The van der Waals surface area contributed by atoms with E-state index in [-0.39, 0.29) is 0 Å². The van der Waals surface area contributed by atoms with E-state index in [1.165, 1.54) is 44.9 Å².